The van der Waals surface area contributed by atoms with Crippen LogP contribution in [0.15, 0.2) is 73.1 Å². The molecule has 3 N–H and O–H groups in total. The van der Waals surface area contributed by atoms with Gasteiger partial charge in [-0.3, -0.25) is 14.6 Å². The van der Waals surface area contributed by atoms with Crippen LogP contribution in [-0.4, -0.2) is 51.8 Å². The first-order chi connectivity index (χ1) is 18.5. The van der Waals surface area contributed by atoms with E-state index >= 15 is 0 Å². The number of imidazole rings is 1. The van der Waals surface area contributed by atoms with Gasteiger partial charge in [0.1, 0.15) is 5.65 Å². The number of fused-ring (bicyclic) bond motifs is 1. The summed E-state index contributed by atoms with van der Waals surface area (Å²) in [5.41, 5.74) is 7.05. The molecule has 1 fully saturated rings. The van der Waals surface area contributed by atoms with E-state index in [1.165, 1.54) is 5.56 Å². The molecule has 198 valence electrons. The van der Waals surface area contributed by atoms with E-state index in [2.05, 4.69) is 73.1 Å². The van der Waals surface area contributed by atoms with Crippen LogP contribution in [0.25, 0.3) is 28.0 Å². The normalized spacial score (nSPS) is 18.0. The first kappa shape index (κ1) is 25.9. The molecule has 0 spiro atoms. The van der Waals surface area contributed by atoms with Crippen LogP contribution < -0.4 is 10.6 Å². The fraction of sp³-hybridized carbons (Fsp3) is 0.333. The van der Waals surface area contributed by atoms with Gasteiger partial charge in [-0.1, -0.05) is 43.3 Å². The van der Waals surface area contributed by atoms with Crippen molar-refractivity contribution in [3.63, 3.8) is 0 Å². The van der Waals surface area contributed by atoms with Crippen molar-refractivity contribution in [3.05, 3.63) is 78.6 Å². The van der Waals surface area contributed by atoms with Gasteiger partial charge in [0.2, 0.25) is 0 Å². The highest BCUT2D eigenvalue weighted by atomic mass is 17.1. The largest absolute Gasteiger partial charge is 0.338 e. The van der Waals surface area contributed by atoms with Gasteiger partial charge < -0.3 is 10.6 Å². The van der Waals surface area contributed by atoms with E-state index in [0.29, 0.717) is 13.2 Å². The Morgan fingerprint density at radius 1 is 1.11 bits per heavy atom. The maximum Gasteiger partial charge on any atom is 0.319 e. The molecule has 3 heterocycles. The number of piperidine rings is 1. The monoisotopic (exact) mass is 513 g/mol. The van der Waals surface area contributed by atoms with E-state index in [1.807, 2.05) is 43.6 Å². The topological polar surface area (TPSA) is 91.1 Å². The van der Waals surface area contributed by atoms with Crippen molar-refractivity contribution < 1.29 is 14.9 Å². The number of hydrogen-bond acceptors (Lipinski definition) is 5. The molecule has 0 saturated carbocycles. The summed E-state index contributed by atoms with van der Waals surface area (Å²) in [5.74, 6) is 0. The van der Waals surface area contributed by atoms with Crippen LogP contribution in [0.4, 0.5) is 10.5 Å². The highest BCUT2D eigenvalue weighted by Crippen LogP contribution is 2.31. The van der Waals surface area contributed by atoms with Gasteiger partial charge in [0.05, 0.1) is 18.5 Å². The number of nitrogens with one attached hydrogen (secondary N) is 2. The second kappa shape index (κ2) is 11.3. The van der Waals surface area contributed by atoms with Gasteiger partial charge in [0.15, 0.2) is 0 Å². The number of urea groups is 1. The van der Waals surface area contributed by atoms with Crippen molar-refractivity contribution in [2.45, 2.75) is 33.2 Å². The van der Waals surface area contributed by atoms with Gasteiger partial charge in [-0.2, -0.15) is 0 Å². The lowest BCUT2D eigenvalue weighted by molar-refractivity contribution is -0.264. The van der Waals surface area contributed by atoms with E-state index in [-0.39, 0.29) is 11.4 Å². The molecule has 0 radical (unpaired) electrons. The number of anilines is 1. The van der Waals surface area contributed by atoms with Crippen molar-refractivity contribution in [1.82, 2.24) is 19.6 Å². The molecule has 1 unspecified atom stereocenters. The van der Waals surface area contributed by atoms with E-state index in [1.54, 1.807) is 0 Å². The van der Waals surface area contributed by atoms with Crippen LogP contribution in [0.2, 0.25) is 0 Å². The molecule has 4 aromatic rings. The van der Waals surface area contributed by atoms with Crippen LogP contribution in [0.5, 0.6) is 0 Å². The molecule has 2 aromatic carbocycles. The zero-order valence-corrected chi connectivity index (χ0v) is 22.0. The number of likely N-dealkylation sites (tertiary alicyclic amines) is 1. The Balaban J connectivity index is 1.30. The molecule has 8 nitrogen and oxygen atoms in total. The van der Waals surface area contributed by atoms with Gasteiger partial charge in [0, 0.05) is 42.5 Å². The average molecular weight is 514 g/mol. The molecule has 2 aromatic heterocycles. The number of carbonyl (C=O) groups excluding carboxylic acids is 1. The Morgan fingerprint density at radius 3 is 2.74 bits per heavy atom. The third-order valence-corrected chi connectivity index (χ3v) is 7.23. The summed E-state index contributed by atoms with van der Waals surface area (Å²) < 4.78 is 2.06. The molecule has 0 aliphatic carbocycles. The predicted octanol–water partition coefficient (Wildman–Crippen LogP) is 5.90. The molecule has 2 amide bonds. The maximum atomic E-state index is 11.9. The van der Waals surface area contributed by atoms with Crippen LogP contribution in [0.1, 0.15) is 32.3 Å². The second-order valence-corrected chi connectivity index (χ2v) is 10.4. The van der Waals surface area contributed by atoms with Gasteiger partial charge >= 0.3 is 6.03 Å². The molecule has 0 bridgehead atoms. The lowest BCUT2D eigenvalue weighted by Gasteiger charge is -2.39. The van der Waals surface area contributed by atoms with Gasteiger partial charge in [0.25, 0.3) is 0 Å². The third kappa shape index (κ3) is 5.88. The minimum Gasteiger partial charge on any atom is -0.338 e. The molecule has 5 rings (SSSR count). The standard InChI is InChI=1S/C30H35N5O3/c1-3-31-29(36)33-26-7-4-6-25(16-26)27-18-32-28-17-24(12-15-35(27)28)23-10-8-22(9-11-23)19-34-14-5-13-30(2,20-34)21-38-37/h4,6-12,15-18,37H,3,5,13-14,19-21H2,1-2H3,(H2,31,33,36). The zero-order valence-electron chi connectivity index (χ0n) is 22.0. The van der Waals surface area contributed by atoms with E-state index < -0.39 is 0 Å². The van der Waals surface area contributed by atoms with Crippen molar-refractivity contribution in [1.29, 1.82) is 0 Å². The van der Waals surface area contributed by atoms with Crippen molar-refractivity contribution >= 4 is 17.4 Å². The smallest absolute Gasteiger partial charge is 0.319 e. The molecule has 38 heavy (non-hydrogen) atoms. The number of hydrogen-bond donors (Lipinski definition) is 3. The Bertz CT molecular complexity index is 1400. The molecular weight excluding hydrogens is 478 g/mol. The third-order valence-electron chi connectivity index (χ3n) is 7.23. The second-order valence-electron chi connectivity index (χ2n) is 10.4. The summed E-state index contributed by atoms with van der Waals surface area (Å²) >= 11 is 0. The number of carbonyl (C=O) groups is 1. The van der Waals surface area contributed by atoms with Crippen molar-refractivity contribution in [2.24, 2.45) is 5.41 Å². The summed E-state index contributed by atoms with van der Waals surface area (Å²) in [7, 11) is 0. The van der Waals surface area contributed by atoms with Crippen LogP contribution in [0.3, 0.4) is 0 Å². The lowest BCUT2D eigenvalue weighted by Crippen LogP contribution is -2.43. The van der Waals surface area contributed by atoms with Gasteiger partial charge in [-0.15, -0.1) is 0 Å². The van der Waals surface area contributed by atoms with Crippen LogP contribution >= 0.6 is 0 Å². The SMILES string of the molecule is CCNC(=O)Nc1cccc(-c2cnc3cc(-c4ccc(CN5CCCC(C)(COO)C5)cc4)ccn23)c1. The van der Waals surface area contributed by atoms with Crippen LogP contribution in [0, 0.1) is 5.41 Å². The summed E-state index contributed by atoms with van der Waals surface area (Å²) in [6, 6.07) is 20.5. The summed E-state index contributed by atoms with van der Waals surface area (Å²) in [6.45, 7) is 7.87. The van der Waals surface area contributed by atoms with Crippen LogP contribution in [-0.2, 0) is 11.4 Å². The minimum absolute atomic E-state index is 0.00701. The lowest BCUT2D eigenvalue weighted by atomic mass is 9.82. The Hall–Kier alpha value is -3.72. The predicted molar refractivity (Wildman–Crippen MR) is 150 cm³/mol. The summed E-state index contributed by atoms with van der Waals surface area (Å²) in [5, 5.41) is 14.6. The van der Waals surface area contributed by atoms with Crippen molar-refractivity contribution in [2.75, 3.05) is 31.6 Å². The van der Waals surface area contributed by atoms with E-state index in [4.69, 9.17) is 5.26 Å². The molecule has 8 heteroatoms. The fourth-order valence-electron chi connectivity index (χ4n) is 5.36. The maximum absolute atomic E-state index is 11.9. The quantitative estimate of drug-likeness (QED) is 0.202. The number of nitrogens with zero attached hydrogens (tertiary/aromatic N) is 3. The first-order valence-corrected chi connectivity index (χ1v) is 13.2. The number of amides is 2. The minimum atomic E-state index is -0.218. The number of benzene rings is 2. The molecule has 1 aliphatic heterocycles. The van der Waals surface area contributed by atoms with Gasteiger partial charge in [-0.05, 0) is 67.3 Å². The number of aromatic nitrogens is 2. The molecule has 1 saturated heterocycles. The summed E-state index contributed by atoms with van der Waals surface area (Å²) in [4.78, 5) is 23.5. The van der Waals surface area contributed by atoms with Gasteiger partial charge in [-0.25, -0.2) is 14.7 Å². The van der Waals surface area contributed by atoms with E-state index in [9.17, 15) is 4.79 Å². The highest BCUT2D eigenvalue weighted by molar-refractivity contribution is 5.90. The number of rotatable bonds is 8. The molecule has 1 atom stereocenters. The number of pyridine rings is 1. The fourth-order valence-corrected chi connectivity index (χ4v) is 5.36. The zero-order chi connectivity index (χ0) is 26.5. The average Bonchev–Trinajstić information content (AvgIpc) is 3.33. The Labute approximate surface area is 223 Å². The molecule has 1 aliphatic rings. The Kier molecular flexibility index (Phi) is 7.74. The molecular formula is C30H35N5O3. The Morgan fingerprint density at radius 2 is 1.95 bits per heavy atom. The van der Waals surface area contributed by atoms with Crippen molar-refractivity contribution in [3.8, 4) is 22.4 Å². The first-order valence-electron chi connectivity index (χ1n) is 13.2. The highest BCUT2D eigenvalue weighted by Gasteiger charge is 2.31. The van der Waals surface area contributed by atoms with E-state index in [0.717, 1.165) is 66.2 Å². The summed E-state index contributed by atoms with van der Waals surface area (Å²) in [6.07, 6.45) is 6.09.